The largest absolute Gasteiger partial charge is 0.387 e. The zero-order valence-electron chi connectivity index (χ0n) is 7.78. The Hall–Kier alpha value is -0.120. The third-order valence-electron chi connectivity index (χ3n) is 2.28. The Morgan fingerprint density at radius 1 is 2.00 bits per heavy atom. The van der Waals surface area contributed by atoms with Crippen LogP contribution in [0.25, 0.3) is 0 Å². The van der Waals surface area contributed by atoms with Gasteiger partial charge in [-0.2, -0.15) is 0 Å². The van der Waals surface area contributed by atoms with Crippen LogP contribution >= 0.6 is 0 Å². The van der Waals surface area contributed by atoms with Gasteiger partial charge in [-0.25, -0.2) is 0 Å². The van der Waals surface area contributed by atoms with Crippen molar-refractivity contribution in [2.45, 2.75) is 37.7 Å². The molecule has 0 aliphatic carbocycles. The second-order valence-electron chi connectivity index (χ2n) is 2.90. The molecule has 0 saturated carbocycles. The number of aliphatic hydroxyl groups is 1. The Morgan fingerprint density at radius 3 is 3.20 bits per heavy atom. The molecule has 0 amide bonds. The highest BCUT2D eigenvalue weighted by molar-refractivity contribution is 5.05. The average Bonchev–Trinajstić information content (AvgIpc) is 2.41. The molecule has 0 aromatic carbocycles. The minimum absolute atomic E-state index is 0.0544. The first-order valence-corrected chi connectivity index (χ1v) is 3.34. The predicted octanol–water partition coefficient (Wildman–Crippen LogP) is -0.0765. The van der Waals surface area contributed by atoms with Gasteiger partial charge in [-0.05, 0) is 13.8 Å². The standard InChI is InChI=1S/C7H12O3/c1-4-7(2)6(8)5(10-4)3-9-7/h4-6,8H,3H2,1-2H3/t4-,5-,6-,7-/m0/s1/i2D,3T/t3-,4-,5-,6-,7-. The van der Waals surface area contributed by atoms with Crippen LogP contribution in [0.5, 0.6) is 0 Å². The summed E-state index contributed by atoms with van der Waals surface area (Å²) in [5, 5.41) is 9.63. The number of fused-ring (bicyclic) bond motifs is 2. The SMILES string of the molecule is [2H]C[C@]12O[C@@H]([3H])[C@H](O[C@H]1C)[C@@H]2O. The van der Waals surface area contributed by atoms with E-state index in [1.165, 1.54) is 0 Å². The van der Waals surface area contributed by atoms with Crippen LogP contribution in [0.4, 0.5) is 0 Å². The van der Waals surface area contributed by atoms with E-state index >= 15 is 0 Å². The lowest BCUT2D eigenvalue weighted by atomic mass is 9.96. The van der Waals surface area contributed by atoms with Crippen LogP contribution in [0.1, 0.15) is 16.6 Å². The molecule has 10 heavy (non-hydrogen) atoms. The highest BCUT2D eigenvalue weighted by atomic mass is 16.6. The van der Waals surface area contributed by atoms with E-state index in [4.69, 9.17) is 12.2 Å². The fourth-order valence-electron chi connectivity index (χ4n) is 1.41. The minimum Gasteiger partial charge on any atom is -0.387 e. The summed E-state index contributed by atoms with van der Waals surface area (Å²) in [6, 6.07) is 0. The smallest absolute Gasteiger partial charge is 0.120 e. The topological polar surface area (TPSA) is 38.7 Å². The van der Waals surface area contributed by atoms with Gasteiger partial charge in [-0.15, -0.1) is 0 Å². The van der Waals surface area contributed by atoms with E-state index in [-0.39, 0.29) is 13.0 Å². The molecule has 2 aliphatic rings. The molecule has 0 radical (unpaired) electrons. The van der Waals surface area contributed by atoms with Gasteiger partial charge >= 0.3 is 0 Å². The Bertz CT molecular complexity index is 201. The predicted molar refractivity (Wildman–Crippen MR) is 34.7 cm³/mol. The van der Waals surface area contributed by atoms with Gasteiger partial charge in [0.15, 0.2) is 0 Å². The lowest BCUT2D eigenvalue weighted by molar-refractivity contribution is -0.133. The Labute approximate surface area is 62.7 Å². The van der Waals surface area contributed by atoms with E-state index in [0.717, 1.165) is 0 Å². The van der Waals surface area contributed by atoms with Crippen molar-refractivity contribution in [1.29, 1.82) is 0 Å². The molecule has 2 fully saturated rings. The number of ether oxygens (including phenoxy) is 2. The molecular weight excluding hydrogens is 132 g/mol. The van der Waals surface area contributed by atoms with Gasteiger partial charge in [0.05, 0.1) is 14.1 Å². The van der Waals surface area contributed by atoms with Crippen LogP contribution in [-0.2, 0) is 9.47 Å². The molecule has 2 rings (SSSR count). The summed E-state index contributed by atoms with van der Waals surface area (Å²) in [5.74, 6) is 0. The van der Waals surface area contributed by atoms with Crippen molar-refractivity contribution in [3.63, 3.8) is 0 Å². The van der Waals surface area contributed by atoms with Crippen molar-refractivity contribution in [3.8, 4) is 0 Å². The van der Waals surface area contributed by atoms with Crippen molar-refractivity contribution in [1.82, 2.24) is 0 Å². The van der Waals surface area contributed by atoms with Crippen LogP contribution in [0.15, 0.2) is 0 Å². The fourth-order valence-corrected chi connectivity index (χ4v) is 1.41. The van der Waals surface area contributed by atoms with Gasteiger partial charge in [0.2, 0.25) is 0 Å². The van der Waals surface area contributed by atoms with E-state index in [2.05, 4.69) is 0 Å². The molecular formula is C7H12O3. The first-order chi connectivity index (χ1) is 5.62. The van der Waals surface area contributed by atoms with E-state index < -0.39 is 24.4 Å². The van der Waals surface area contributed by atoms with E-state index in [1.54, 1.807) is 6.92 Å². The maximum absolute atomic E-state index is 9.63. The normalized spacial score (nSPS) is 69.8. The summed E-state index contributed by atoms with van der Waals surface area (Å²) in [7, 11) is 0. The van der Waals surface area contributed by atoms with Crippen LogP contribution < -0.4 is 0 Å². The second kappa shape index (κ2) is 1.72. The van der Waals surface area contributed by atoms with Gasteiger partial charge < -0.3 is 14.6 Å². The van der Waals surface area contributed by atoms with Crippen molar-refractivity contribution in [3.05, 3.63) is 0 Å². The average molecular weight is 147 g/mol. The van der Waals surface area contributed by atoms with Crippen LogP contribution in [0.2, 0.25) is 0 Å². The first-order valence-electron chi connectivity index (χ1n) is 4.63. The lowest BCUT2D eigenvalue weighted by Gasteiger charge is -2.28. The molecule has 3 nitrogen and oxygen atoms in total. The van der Waals surface area contributed by atoms with E-state index in [9.17, 15) is 5.11 Å². The summed E-state index contributed by atoms with van der Waals surface area (Å²) >= 11 is 0. The van der Waals surface area contributed by atoms with Gasteiger partial charge in [-0.3, -0.25) is 0 Å². The Balaban J connectivity index is 2.30. The number of hydrogen-bond acceptors (Lipinski definition) is 3. The van der Waals surface area contributed by atoms with E-state index in [1.807, 2.05) is 0 Å². The molecule has 1 N–H and O–H groups in total. The van der Waals surface area contributed by atoms with Gasteiger partial charge in [0.25, 0.3) is 0 Å². The molecule has 58 valence electrons. The first kappa shape index (κ1) is 4.70. The lowest BCUT2D eigenvalue weighted by Crippen LogP contribution is -2.42. The number of hydrogen-bond donors (Lipinski definition) is 1. The highest BCUT2D eigenvalue weighted by Crippen LogP contribution is 2.39. The van der Waals surface area contributed by atoms with Crippen molar-refractivity contribution < 1.29 is 17.3 Å². The molecule has 0 aromatic heterocycles. The van der Waals surface area contributed by atoms with Crippen molar-refractivity contribution in [2.75, 3.05) is 6.58 Å². The molecule has 3 heteroatoms. The monoisotopic (exact) mass is 147 g/mol. The maximum Gasteiger partial charge on any atom is 0.120 e. The van der Waals surface area contributed by atoms with Crippen LogP contribution in [-0.4, -0.2) is 35.6 Å². The van der Waals surface area contributed by atoms with Gasteiger partial charge in [0, 0.05) is 1.37 Å². The summed E-state index contributed by atoms with van der Waals surface area (Å²) in [6.07, 6.45) is -1.66. The fraction of sp³-hybridized carbons (Fsp3) is 1.00. The van der Waals surface area contributed by atoms with Crippen LogP contribution in [0.3, 0.4) is 0 Å². The highest BCUT2D eigenvalue weighted by Gasteiger charge is 2.57. The second-order valence-corrected chi connectivity index (χ2v) is 2.90. The molecule has 0 unspecified atom stereocenters. The van der Waals surface area contributed by atoms with Crippen molar-refractivity contribution in [2.24, 2.45) is 0 Å². The summed E-state index contributed by atoms with van der Waals surface area (Å²) in [6.45, 7) is 0.881. The number of aliphatic hydroxyl groups excluding tert-OH is 1. The van der Waals surface area contributed by atoms with E-state index in [0.29, 0.717) is 0 Å². The summed E-state index contributed by atoms with van der Waals surface area (Å²) < 4.78 is 25.2. The third kappa shape index (κ3) is 0.557. The zero-order valence-corrected chi connectivity index (χ0v) is 5.78. The maximum atomic E-state index is 9.63. The third-order valence-corrected chi connectivity index (χ3v) is 2.28. The molecule has 5 atom stereocenters. The quantitative estimate of drug-likeness (QED) is 0.521. The van der Waals surface area contributed by atoms with Gasteiger partial charge in [-0.1, -0.05) is 0 Å². The molecule has 0 aromatic rings. The molecule has 2 heterocycles. The Morgan fingerprint density at radius 2 is 2.80 bits per heavy atom. The van der Waals surface area contributed by atoms with Gasteiger partial charge in [0.1, 0.15) is 17.8 Å². The summed E-state index contributed by atoms with van der Waals surface area (Å²) in [4.78, 5) is 0. The summed E-state index contributed by atoms with van der Waals surface area (Å²) in [5.41, 5.74) is -0.947. The molecule has 2 bridgehead atoms. The number of rotatable bonds is 0. The Kier molecular flexibility index (Phi) is 0.810. The minimum atomic E-state index is -0.947. The molecule has 2 aliphatic heterocycles. The van der Waals surface area contributed by atoms with Crippen molar-refractivity contribution >= 4 is 0 Å². The zero-order chi connectivity index (χ0) is 8.93. The molecule has 0 spiro atoms. The van der Waals surface area contributed by atoms with Crippen LogP contribution in [0, 0.1) is 0 Å². The molecule has 2 saturated heterocycles.